The predicted molar refractivity (Wildman–Crippen MR) is 69.4 cm³/mol. The van der Waals surface area contributed by atoms with Crippen LogP contribution in [-0.4, -0.2) is 22.6 Å². The SMILES string of the molecule is Cc1nc(C)c(C(C)NCC(C)(C)C(=O)O)s1. The van der Waals surface area contributed by atoms with Crippen LogP contribution in [0.3, 0.4) is 0 Å². The zero-order chi connectivity index (χ0) is 13.2. The maximum absolute atomic E-state index is 11.0. The van der Waals surface area contributed by atoms with E-state index in [1.165, 1.54) is 4.88 Å². The van der Waals surface area contributed by atoms with Gasteiger partial charge < -0.3 is 10.4 Å². The van der Waals surface area contributed by atoms with Gasteiger partial charge in [0.15, 0.2) is 0 Å². The molecule has 0 aliphatic carbocycles. The van der Waals surface area contributed by atoms with Crippen molar-refractivity contribution in [2.45, 2.75) is 40.7 Å². The fraction of sp³-hybridized carbons (Fsp3) is 0.667. The molecular formula is C12H20N2O2S. The minimum absolute atomic E-state index is 0.139. The number of rotatable bonds is 5. The predicted octanol–water partition coefficient (Wildman–Crippen LogP) is 2.52. The minimum atomic E-state index is -0.783. The van der Waals surface area contributed by atoms with Crippen molar-refractivity contribution in [3.8, 4) is 0 Å². The van der Waals surface area contributed by atoms with Crippen molar-refractivity contribution in [2.75, 3.05) is 6.54 Å². The highest BCUT2D eigenvalue weighted by molar-refractivity contribution is 7.11. The lowest BCUT2D eigenvalue weighted by Crippen LogP contribution is -2.37. The van der Waals surface area contributed by atoms with Gasteiger partial charge in [0.1, 0.15) is 0 Å². The number of aliphatic carboxylic acids is 1. The third-order valence-electron chi connectivity index (χ3n) is 2.76. The van der Waals surface area contributed by atoms with E-state index in [-0.39, 0.29) is 6.04 Å². The van der Waals surface area contributed by atoms with Crippen LogP contribution in [0.25, 0.3) is 0 Å². The molecule has 4 nitrogen and oxygen atoms in total. The molecule has 0 bridgehead atoms. The van der Waals surface area contributed by atoms with E-state index in [0.717, 1.165) is 10.7 Å². The monoisotopic (exact) mass is 256 g/mol. The highest BCUT2D eigenvalue weighted by Crippen LogP contribution is 2.25. The number of hydrogen-bond donors (Lipinski definition) is 2. The van der Waals surface area contributed by atoms with Crippen LogP contribution in [0.4, 0.5) is 0 Å². The van der Waals surface area contributed by atoms with E-state index in [2.05, 4.69) is 10.3 Å². The maximum atomic E-state index is 11.0. The van der Waals surface area contributed by atoms with E-state index >= 15 is 0 Å². The Morgan fingerprint density at radius 3 is 2.53 bits per heavy atom. The van der Waals surface area contributed by atoms with Crippen molar-refractivity contribution < 1.29 is 9.90 Å². The fourth-order valence-corrected chi connectivity index (χ4v) is 2.48. The summed E-state index contributed by atoms with van der Waals surface area (Å²) in [5.74, 6) is -0.783. The second-order valence-corrected chi connectivity index (χ2v) is 6.21. The summed E-state index contributed by atoms with van der Waals surface area (Å²) in [6, 6.07) is 0.139. The molecule has 1 aromatic heterocycles. The lowest BCUT2D eigenvalue weighted by Gasteiger charge is -2.22. The van der Waals surface area contributed by atoms with Crippen molar-refractivity contribution in [1.29, 1.82) is 0 Å². The molecule has 0 saturated heterocycles. The Balaban J connectivity index is 2.65. The number of aromatic nitrogens is 1. The molecule has 0 aliphatic heterocycles. The number of nitrogens with zero attached hydrogens (tertiary/aromatic N) is 1. The summed E-state index contributed by atoms with van der Waals surface area (Å²) in [5.41, 5.74) is 0.280. The topological polar surface area (TPSA) is 62.2 Å². The first-order valence-corrected chi connectivity index (χ1v) is 6.46. The normalized spacial score (nSPS) is 13.7. The molecule has 1 unspecified atom stereocenters. The van der Waals surface area contributed by atoms with Gasteiger partial charge in [0.2, 0.25) is 0 Å². The molecular weight excluding hydrogens is 236 g/mol. The molecule has 2 N–H and O–H groups in total. The Bertz CT molecular complexity index is 413. The molecule has 5 heteroatoms. The molecule has 96 valence electrons. The van der Waals surface area contributed by atoms with Crippen LogP contribution in [0.15, 0.2) is 0 Å². The number of carboxylic acid groups (broad SMARTS) is 1. The zero-order valence-electron chi connectivity index (χ0n) is 11.0. The Hall–Kier alpha value is -0.940. The van der Waals surface area contributed by atoms with Crippen LogP contribution < -0.4 is 5.32 Å². The van der Waals surface area contributed by atoms with Gasteiger partial charge in [-0.25, -0.2) is 4.98 Å². The van der Waals surface area contributed by atoms with Gasteiger partial charge >= 0.3 is 5.97 Å². The molecule has 0 radical (unpaired) electrons. The van der Waals surface area contributed by atoms with E-state index in [0.29, 0.717) is 6.54 Å². The quantitative estimate of drug-likeness (QED) is 0.849. The summed E-state index contributed by atoms with van der Waals surface area (Å²) in [5, 5.41) is 13.3. The molecule has 1 heterocycles. The van der Waals surface area contributed by atoms with Gasteiger partial charge in [-0.15, -0.1) is 11.3 Å². The van der Waals surface area contributed by atoms with Crippen LogP contribution in [0.1, 0.15) is 42.4 Å². The molecule has 0 saturated carbocycles. The molecule has 0 amide bonds. The number of hydrogen-bond acceptors (Lipinski definition) is 4. The summed E-state index contributed by atoms with van der Waals surface area (Å²) in [7, 11) is 0. The Kier molecular flexibility index (Phi) is 4.27. The third-order valence-corrected chi connectivity index (χ3v) is 4.02. The average Bonchev–Trinajstić information content (AvgIpc) is 2.54. The summed E-state index contributed by atoms with van der Waals surface area (Å²) in [6.45, 7) is 9.89. The highest BCUT2D eigenvalue weighted by atomic mass is 32.1. The third kappa shape index (κ3) is 3.51. The molecule has 0 aliphatic rings. The van der Waals surface area contributed by atoms with Crippen LogP contribution in [-0.2, 0) is 4.79 Å². The first-order valence-electron chi connectivity index (χ1n) is 5.65. The summed E-state index contributed by atoms with van der Waals surface area (Å²) < 4.78 is 0. The van der Waals surface area contributed by atoms with Crippen molar-refractivity contribution in [3.63, 3.8) is 0 Å². The summed E-state index contributed by atoms with van der Waals surface area (Å²) >= 11 is 1.66. The zero-order valence-corrected chi connectivity index (χ0v) is 11.8. The molecule has 0 aromatic carbocycles. The summed E-state index contributed by atoms with van der Waals surface area (Å²) in [4.78, 5) is 16.5. The summed E-state index contributed by atoms with van der Waals surface area (Å²) in [6.07, 6.45) is 0. The van der Waals surface area contributed by atoms with Gasteiger partial charge in [0.25, 0.3) is 0 Å². The van der Waals surface area contributed by atoms with Crippen LogP contribution in [0.2, 0.25) is 0 Å². The second-order valence-electron chi connectivity index (χ2n) is 4.97. The van der Waals surface area contributed by atoms with E-state index in [1.807, 2.05) is 20.8 Å². The largest absolute Gasteiger partial charge is 0.481 e. The van der Waals surface area contributed by atoms with Crippen molar-refractivity contribution in [2.24, 2.45) is 5.41 Å². The van der Waals surface area contributed by atoms with Gasteiger partial charge in [-0.05, 0) is 34.6 Å². The number of carboxylic acids is 1. The number of carbonyl (C=O) groups is 1. The van der Waals surface area contributed by atoms with Crippen LogP contribution in [0, 0.1) is 19.3 Å². The Morgan fingerprint density at radius 2 is 2.12 bits per heavy atom. The van der Waals surface area contributed by atoms with Gasteiger partial charge in [0.05, 0.1) is 16.1 Å². The van der Waals surface area contributed by atoms with Crippen molar-refractivity contribution >= 4 is 17.3 Å². The lowest BCUT2D eigenvalue weighted by molar-refractivity contribution is -0.146. The molecule has 1 rings (SSSR count). The van der Waals surface area contributed by atoms with Crippen molar-refractivity contribution in [3.05, 3.63) is 15.6 Å². The van der Waals surface area contributed by atoms with Crippen LogP contribution >= 0.6 is 11.3 Å². The van der Waals surface area contributed by atoms with Crippen LogP contribution in [0.5, 0.6) is 0 Å². The smallest absolute Gasteiger partial charge is 0.310 e. The van der Waals surface area contributed by atoms with Gasteiger partial charge in [-0.1, -0.05) is 0 Å². The molecule has 0 fully saturated rings. The molecule has 17 heavy (non-hydrogen) atoms. The van der Waals surface area contributed by atoms with E-state index in [1.54, 1.807) is 25.2 Å². The second kappa shape index (κ2) is 5.14. The Labute approximate surface area is 106 Å². The maximum Gasteiger partial charge on any atom is 0.310 e. The average molecular weight is 256 g/mol. The van der Waals surface area contributed by atoms with Gasteiger partial charge in [-0.2, -0.15) is 0 Å². The minimum Gasteiger partial charge on any atom is -0.481 e. The lowest BCUT2D eigenvalue weighted by atomic mass is 9.93. The first-order chi connectivity index (χ1) is 7.74. The molecule has 1 aromatic rings. The first kappa shape index (κ1) is 14.1. The standard InChI is InChI=1S/C12H20N2O2S/c1-7(10-8(2)14-9(3)17-10)13-6-12(4,5)11(15)16/h7,13H,6H2,1-5H3,(H,15,16). The fourth-order valence-electron chi connectivity index (χ4n) is 1.53. The molecule has 1 atom stereocenters. The van der Waals surface area contributed by atoms with Crippen molar-refractivity contribution in [1.82, 2.24) is 10.3 Å². The highest BCUT2D eigenvalue weighted by Gasteiger charge is 2.27. The van der Waals surface area contributed by atoms with Gasteiger partial charge in [-0.3, -0.25) is 4.79 Å². The number of thiazole rings is 1. The van der Waals surface area contributed by atoms with E-state index in [4.69, 9.17) is 5.11 Å². The number of aryl methyl sites for hydroxylation is 2. The number of nitrogens with one attached hydrogen (secondary N) is 1. The van der Waals surface area contributed by atoms with Gasteiger partial charge in [0, 0.05) is 17.5 Å². The molecule has 0 spiro atoms. The van der Waals surface area contributed by atoms with E-state index in [9.17, 15) is 4.79 Å². The Morgan fingerprint density at radius 1 is 1.53 bits per heavy atom. The van der Waals surface area contributed by atoms with E-state index < -0.39 is 11.4 Å².